The van der Waals surface area contributed by atoms with E-state index in [2.05, 4.69) is 39.5 Å². The molecule has 0 bridgehead atoms. The molecule has 0 aliphatic heterocycles. The lowest BCUT2D eigenvalue weighted by molar-refractivity contribution is 0.200. The third kappa shape index (κ3) is 7.51. The van der Waals surface area contributed by atoms with Gasteiger partial charge in [-0.05, 0) is 24.7 Å². The summed E-state index contributed by atoms with van der Waals surface area (Å²) in [6.07, 6.45) is 20.8. The molecule has 0 fully saturated rings. The highest BCUT2D eigenvalue weighted by Crippen LogP contribution is 2.42. The summed E-state index contributed by atoms with van der Waals surface area (Å²) in [5.74, 6) is 7.88. The number of ether oxygens (including phenoxy) is 2. The van der Waals surface area contributed by atoms with Crippen LogP contribution in [-0.4, -0.2) is 13.2 Å². The summed E-state index contributed by atoms with van der Waals surface area (Å²) >= 11 is 1.42. The second-order valence-electron chi connectivity index (χ2n) is 7.16. The number of unbranched alkanes of at least 4 members (excludes halogenated alkanes) is 2. The van der Waals surface area contributed by atoms with Crippen LogP contribution in [0.3, 0.4) is 0 Å². The highest BCUT2D eigenvalue weighted by atomic mass is 32.1. The Morgan fingerprint density at radius 1 is 0.778 bits per heavy atom. The Bertz CT molecular complexity index is 565. The van der Waals surface area contributed by atoms with Crippen molar-refractivity contribution >= 4 is 11.3 Å². The molecule has 1 aromatic heterocycles. The summed E-state index contributed by atoms with van der Waals surface area (Å²) in [6.45, 7) is 10.2. The van der Waals surface area contributed by atoms with E-state index in [9.17, 15) is 0 Å². The molecular weight excluding hydrogens is 352 g/mol. The molecule has 0 saturated heterocycles. The summed E-state index contributed by atoms with van der Waals surface area (Å²) in [7, 11) is 0. The molecule has 2 unspecified atom stereocenters. The Morgan fingerprint density at radius 2 is 1.19 bits per heavy atom. The van der Waals surface area contributed by atoms with E-state index in [0.717, 1.165) is 22.6 Å². The third-order valence-electron chi connectivity index (χ3n) is 5.10. The number of thiophene rings is 1. The zero-order valence-corrected chi connectivity index (χ0v) is 18.4. The van der Waals surface area contributed by atoms with Crippen LogP contribution in [0.4, 0.5) is 0 Å². The van der Waals surface area contributed by atoms with Gasteiger partial charge in [0.2, 0.25) is 0 Å². The molecule has 0 saturated carbocycles. The fourth-order valence-electron chi connectivity index (χ4n) is 3.05. The fourth-order valence-corrected chi connectivity index (χ4v) is 3.86. The summed E-state index contributed by atoms with van der Waals surface area (Å²) in [6, 6.07) is 0. The van der Waals surface area contributed by atoms with E-state index in [-0.39, 0.29) is 0 Å². The van der Waals surface area contributed by atoms with Gasteiger partial charge in [-0.2, -0.15) is 0 Å². The van der Waals surface area contributed by atoms with Crippen LogP contribution in [0.1, 0.15) is 88.8 Å². The fraction of sp³-hybridized carbons (Fsp3) is 0.667. The first-order valence-corrected chi connectivity index (χ1v) is 11.3. The molecular formula is C24H36O2S. The first-order valence-electron chi connectivity index (χ1n) is 10.5. The molecule has 0 aliphatic carbocycles. The number of terminal acetylenes is 2. The van der Waals surface area contributed by atoms with E-state index < -0.39 is 0 Å². The minimum atomic E-state index is 0.533. The predicted molar refractivity (Wildman–Crippen MR) is 118 cm³/mol. The topological polar surface area (TPSA) is 18.5 Å². The molecule has 1 rings (SSSR count). The smallest absolute Gasteiger partial charge is 0.189 e. The Kier molecular flexibility index (Phi) is 11.8. The second-order valence-corrected chi connectivity index (χ2v) is 8.18. The van der Waals surface area contributed by atoms with E-state index in [1.165, 1.54) is 49.9 Å². The van der Waals surface area contributed by atoms with Crippen molar-refractivity contribution in [1.82, 2.24) is 0 Å². The zero-order chi connectivity index (χ0) is 20.1. The Balaban J connectivity index is 2.90. The summed E-state index contributed by atoms with van der Waals surface area (Å²) in [5, 5.41) is 0. The minimum Gasteiger partial charge on any atom is -0.487 e. The lowest BCUT2D eigenvalue weighted by atomic mass is 10.0. The van der Waals surface area contributed by atoms with Crippen LogP contribution in [0.2, 0.25) is 0 Å². The highest BCUT2D eigenvalue weighted by molar-refractivity contribution is 7.13. The highest BCUT2D eigenvalue weighted by Gasteiger charge is 2.22. The average molecular weight is 389 g/mol. The van der Waals surface area contributed by atoms with Crippen LogP contribution in [0.25, 0.3) is 0 Å². The third-order valence-corrected chi connectivity index (χ3v) is 6.11. The molecule has 2 nitrogen and oxygen atoms in total. The van der Waals surface area contributed by atoms with E-state index in [1.54, 1.807) is 0 Å². The van der Waals surface area contributed by atoms with Crippen molar-refractivity contribution < 1.29 is 9.47 Å². The summed E-state index contributed by atoms with van der Waals surface area (Å²) in [5.41, 5.74) is 0. The lowest BCUT2D eigenvalue weighted by Crippen LogP contribution is -2.14. The second kappa shape index (κ2) is 13.6. The van der Waals surface area contributed by atoms with Gasteiger partial charge in [-0.1, -0.05) is 78.1 Å². The Morgan fingerprint density at radius 3 is 1.48 bits per heavy atom. The maximum atomic E-state index is 6.19. The number of rotatable bonds is 14. The first-order chi connectivity index (χ1) is 13.1. The van der Waals surface area contributed by atoms with Crippen molar-refractivity contribution in [2.45, 2.75) is 79.1 Å². The van der Waals surface area contributed by atoms with Gasteiger partial charge < -0.3 is 9.47 Å². The molecule has 3 heteroatoms. The summed E-state index contributed by atoms with van der Waals surface area (Å²) in [4.78, 5) is 1.48. The Labute approximate surface area is 171 Å². The van der Waals surface area contributed by atoms with Crippen molar-refractivity contribution in [3.8, 4) is 36.2 Å². The van der Waals surface area contributed by atoms with E-state index in [0.29, 0.717) is 36.5 Å². The molecule has 150 valence electrons. The zero-order valence-electron chi connectivity index (χ0n) is 17.6. The van der Waals surface area contributed by atoms with Crippen LogP contribution >= 0.6 is 11.3 Å². The van der Waals surface area contributed by atoms with E-state index in [4.69, 9.17) is 22.3 Å². The quantitative estimate of drug-likeness (QED) is 0.323. The standard InChI is InChI=1S/C24H36O2S/c1-7-13-15-19(9-3)17-25-23-21(11-5)27-22(12-6)24(23)26-18-20(10-4)16-14-8-2/h5-6,19-20H,7-10,13-18H2,1-4H3. The molecule has 2 atom stereocenters. The van der Waals surface area contributed by atoms with E-state index in [1.807, 2.05) is 0 Å². The SMILES string of the molecule is C#Cc1sc(C#C)c(OCC(CC)CCCC)c1OCC(CC)CCCC. The largest absolute Gasteiger partial charge is 0.487 e. The molecule has 0 aromatic carbocycles. The van der Waals surface area contributed by atoms with Gasteiger partial charge in [0.05, 0.1) is 13.2 Å². The van der Waals surface area contributed by atoms with Crippen molar-refractivity contribution in [1.29, 1.82) is 0 Å². The molecule has 0 amide bonds. The van der Waals surface area contributed by atoms with Gasteiger partial charge in [0.1, 0.15) is 9.75 Å². The van der Waals surface area contributed by atoms with Crippen LogP contribution in [0.15, 0.2) is 0 Å². The van der Waals surface area contributed by atoms with Gasteiger partial charge in [-0.3, -0.25) is 0 Å². The van der Waals surface area contributed by atoms with Crippen molar-refractivity contribution in [2.75, 3.05) is 13.2 Å². The van der Waals surface area contributed by atoms with Crippen molar-refractivity contribution in [3.63, 3.8) is 0 Å². The molecule has 1 heterocycles. The molecule has 0 radical (unpaired) electrons. The van der Waals surface area contributed by atoms with Crippen LogP contribution < -0.4 is 9.47 Å². The van der Waals surface area contributed by atoms with Gasteiger partial charge in [-0.25, -0.2) is 0 Å². The van der Waals surface area contributed by atoms with E-state index >= 15 is 0 Å². The van der Waals surface area contributed by atoms with Gasteiger partial charge in [-0.15, -0.1) is 24.2 Å². The van der Waals surface area contributed by atoms with Crippen LogP contribution in [-0.2, 0) is 0 Å². The van der Waals surface area contributed by atoms with Gasteiger partial charge in [0, 0.05) is 0 Å². The minimum absolute atomic E-state index is 0.533. The lowest BCUT2D eigenvalue weighted by Gasteiger charge is -2.18. The number of hydrogen-bond donors (Lipinski definition) is 0. The maximum absolute atomic E-state index is 6.19. The first kappa shape index (κ1) is 23.5. The maximum Gasteiger partial charge on any atom is 0.189 e. The van der Waals surface area contributed by atoms with Gasteiger partial charge in [0.15, 0.2) is 11.5 Å². The van der Waals surface area contributed by atoms with Gasteiger partial charge >= 0.3 is 0 Å². The molecule has 0 spiro atoms. The predicted octanol–water partition coefficient (Wildman–Crippen LogP) is 6.90. The van der Waals surface area contributed by atoms with Crippen molar-refractivity contribution in [2.24, 2.45) is 11.8 Å². The molecule has 0 N–H and O–H groups in total. The van der Waals surface area contributed by atoms with Crippen LogP contribution in [0, 0.1) is 36.5 Å². The normalized spacial score (nSPS) is 12.8. The Hall–Kier alpha value is -1.58. The molecule has 27 heavy (non-hydrogen) atoms. The number of hydrogen-bond acceptors (Lipinski definition) is 3. The summed E-state index contributed by atoms with van der Waals surface area (Å²) < 4.78 is 12.4. The average Bonchev–Trinajstić information content (AvgIpc) is 3.05. The molecule has 1 aromatic rings. The molecule has 0 aliphatic rings. The van der Waals surface area contributed by atoms with Gasteiger partial charge in [0.25, 0.3) is 0 Å². The van der Waals surface area contributed by atoms with Crippen molar-refractivity contribution in [3.05, 3.63) is 9.75 Å². The van der Waals surface area contributed by atoms with Crippen LogP contribution in [0.5, 0.6) is 11.5 Å². The monoisotopic (exact) mass is 388 g/mol.